The summed E-state index contributed by atoms with van der Waals surface area (Å²) in [4.78, 5) is 15.0. The molecule has 1 aliphatic heterocycles. The lowest BCUT2D eigenvalue weighted by Gasteiger charge is -2.35. The van der Waals surface area contributed by atoms with Crippen molar-refractivity contribution >= 4 is 27.4 Å². The fourth-order valence-corrected chi connectivity index (χ4v) is 4.14. The van der Waals surface area contributed by atoms with Crippen LogP contribution in [0.15, 0.2) is 64.0 Å². The van der Waals surface area contributed by atoms with Crippen molar-refractivity contribution in [1.29, 1.82) is 0 Å². The summed E-state index contributed by atoms with van der Waals surface area (Å²) in [5, 5.41) is 4.46. The zero-order valence-electron chi connectivity index (χ0n) is 14.7. The molecule has 1 aliphatic rings. The quantitative estimate of drug-likeness (QED) is 0.479. The summed E-state index contributed by atoms with van der Waals surface area (Å²) in [5.41, 5.74) is 4.67. The first-order valence-electron chi connectivity index (χ1n) is 8.80. The Morgan fingerprint density at radius 2 is 2.11 bits per heavy atom. The average molecular weight is 425 g/mol. The number of amides is 1. The lowest BCUT2D eigenvalue weighted by atomic mass is 10.1. The summed E-state index contributed by atoms with van der Waals surface area (Å²) in [5.74, 6) is -0.0420. The third-order valence-electron chi connectivity index (χ3n) is 5.19. The molecule has 4 aromatic rings. The van der Waals surface area contributed by atoms with E-state index in [0.29, 0.717) is 12.2 Å². The highest BCUT2D eigenvalue weighted by Crippen LogP contribution is 2.33. The van der Waals surface area contributed by atoms with Crippen LogP contribution in [0.1, 0.15) is 29.1 Å². The van der Waals surface area contributed by atoms with Gasteiger partial charge in [-0.2, -0.15) is 5.10 Å². The smallest absolute Gasteiger partial charge is 0.275 e. The Labute approximate surface area is 164 Å². The summed E-state index contributed by atoms with van der Waals surface area (Å²) in [6.07, 6.45) is 5.28. The van der Waals surface area contributed by atoms with Gasteiger partial charge in [0.15, 0.2) is 5.69 Å². The van der Waals surface area contributed by atoms with Gasteiger partial charge in [-0.1, -0.05) is 0 Å². The van der Waals surface area contributed by atoms with Crippen LogP contribution in [-0.2, 0) is 6.54 Å². The van der Waals surface area contributed by atoms with Crippen molar-refractivity contribution in [3.63, 3.8) is 0 Å². The molecule has 0 saturated carbocycles. The van der Waals surface area contributed by atoms with Crippen LogP contribution in [-0.4, -0.2) is 31.5 Å². The molecule has 1 amide bonds. The van der Waals surface area contributed by atoms with Gasteiger partial charge in [0.1, 0.15) is 0 Å². The number of hydrogen-bond acceptors (Lipinski definition) is 3. The van der Waals surface area contributed by atoms with E-state index >= 15 is 0 Å². The fraction of sp³-hybridized carbons (Fsp3) is 0.200. The second-order valence-electron chi connectivity index (χ2n) is 6.73. The Kier molecular flexibility index (Phi) is 3.72. The number of furan rings is 1. The number of hydrogen-bond donors (Lipinski definition) is 0. The van der Waals surface area contributed by atoms with Crippen molar-refractivity contribution < 1.29 is 9.21 Å². The number of pyridine rings is 1. The summed E-state index contributed by atoms with van der Waals surface area (Å²) < 4.78 is 10.1. The molecule has 27 heavy (non-hydrogen) atoms. The number of rotatable bonds is 2. The van der Waals surface area contributed by atoms with E-state index in [1.54, 1.807) is 17.0 Å². The van der Waals surface area contributed by atoms with Crippen molar-refractivity contribution in [3.05, 3.63) is 71.0 Å². The standard InChI is InChI=1S/C20H17BrN4O2/c1-13-18-4-5-19(14-6-9-27-12-14)24(18)8-7-23(13)20(26)17-10-16-3-2-15(21)11-25(16)22-17/h2-6,9-13H,7-8H2,1H3. The molecule has 1 atom stereocenters. The topological polar surface area (TPSA) is 55.7 Å². The van der Waals surface area contributed by atoms with Gasteiger partial charge < -0.3 is 13.9 Å². The first kappa shape index (κ1) is 16.4. The van der Waals surface area contributed by atoms with Crippen molar-refractivity contribution in [2.45, 2.75) is 19.5 Å². The summed E-state index contributed by atoms with van der Waals surface area (Å²) in [6, 6.07) is 11.8. The second kappa shape index (κ2) is 6.13. The monoisotopic (exact) mass is 424 g/mol. The Balaban J connectivity index is 1.47. The number of halogens is 1. The van der Waals surface area contributed by atoms with Gasteiger partial charge in [-0.25, -0.2) is 4.52 Å². The van der Waals surface area contributed by atoms with Crippen LogP contribution >= 0.6 is 15.9 Å². The molecule has 7 heteroatoms. The van der Waals surface area contributed by atoms with Crippen LogP contribution in [0.5, 0.6) is 0 Å². The van der Waals surface area contributed by atoms with E-state index in [-0.39, 0.29) is 11.9 Å². The molecule has 0 spiro atoms. The molecule has 0 aromatic carbocycles. The molecule has 0 radical (unpaired) electrons. The lowest BCUT2D eigenvalue weighted by Crippen LogP contribution is -2.41. The minimum Gasteiger partial charge on any atom is -0.472 e. The highest BCUT2D eigenvalue weighted by atomic mass is 79.9. The van der Waals surface area contributed by atoms with E-state index in [0.717, 1.165) is 33.5 Å². The first-order chi connectivity index (χ1) is 13.1. The van der Waals surface area contributed by atoms with E-state index in [1.807, 2.05) is 35.4 Å². The van der Waals surface area contributed by atoms with E-state index < -0.39 is 0 Å². The highest BCUT2D eigenvalue weighted by Gasteiger charge is 2.31. The fourth-order valence-electron chi connectivity index (χ4n) is 3.81. The molecule has 5 heterocycles. The van der Waals surface area contributed by atoms with Crippen LogP contribution < -0.4 is 0 Å². The maximum Gasteiger partial charge on any atom is 0.275 e. The number of nitrogens with zero attached hydrogens (tertiary/aromatic N) is 4. The zero-order chi connectivity index (χ0) is 18.5. The van der Waals surface area contributed by atoms with Gasteiger partial charge in [0.2, 0.25) is 0 Å². The van der Waals surface area contributed by atoms with Gasteiger partial charge in [-0.15, -0.1) is 0 Å². The molecule has 0 saturated heterocycles. The molecule has 4 aromatic heterocycles. The Bertz CT molecular complexity index is 1140. The normalized spacial score (nSPS) is 16.7. The summed E-state index contributed by atoms with van der Waals surface area (Å²) in [7, 11) is 0. The first-order valence-corrected chi connectivity index (χ1v) is 9.59. The predicted molar refractivity (Wildman–Crippen MR) is 104 cm³/mol. The largest absolute Gasteiger partial charge is 0.472 e. The SMILES string of the molecule is CC1c2ccc(-c3ccoc3)n2CCN1C(=O)c1cc2ccc(Br)cn2n1. The molecule has 0 N–H and O–H groups in total. The third-order valence-corrected chi connectivity index (χ3v) is 5.66. The highest BCUT2D eigenvalue weighted by molar-refractivity contribution is 9.10. The number of carbonyl (C=O) groups is 1. The van der Waals surface area contributed by atoms with Crippen molar-refractivity contribution in [1.82, 2.24) is 19.1 Å². The molecule has 0 bridgehead atoms. The minimum atomic E-state index is -0.0420. The van der Waals surface area contributed by atoms with Crippen molar-refractivity contribution in [2.24, 2.45) is 0 Å². The minimum absolute atomic E-state index is 0.0246. The zero-order valence-corrected chi connectivity index (χ0v) is 16.3. The van der Waals surface area contributed by atoms with Crippen LogP contribution in [0.25, 0.3) is 16.8 Å². The van der Waals surface area contributed by atoms with Gasteiger partial charge >= 0.3 is 0 Å². The molecule has 6 nitrogen and oxygen atoms in total. The van der Waals surface area contributed by atoms with Crippen LogP contribution in [0.3, 0.4) is 0 Å². The maximum absolute atomic E-state index is 13.1. The van der Waals surface area contributed by atoms with Gasteiger partial charge in [0.25, 0.3) is 5.91 Å². The number of carbonyl (C=O) groups excluding carboxylic acids is 1. The van der Waals surface area contributed by atoms with Crippen molar-refractivity contribution in [3.8, 4) is 11.3 Å². The molecule has 1 unspecified atom stereocenters. The van der Waals surface area contributed by atoms with Crippen LogP contribution in [0.2, 0.25) is 0 Å². The summed E-state index contributed by atoms with van der Waals surface area (Å²) >= 11 is 3.44. The van der Waals surface area contributed by atoms with Gasteiger partial charge in [0.05, 0.1) is 29.8 Å². The third kappa shape index (κ3) is 2.61. The molecule has 136 valence electrons. The number of fused-ring (bicyclic) bond motifs is 2. The van der Waals surface area contributed by atoms with Gasteiger partial charge in [-0.05, 0) is 59.3 Å². The molecule has 0 aliphatic carbocycles. The Hall–Kier alpha value is -2.80. The van der Waals surface area contributed by atoms with Gasteiger partial charge in [0, 0.05) is 35.0 Å². The van der Waals surface area contributed by atoms with E-state index in [4.69, 9.17) is 4.42 Å². The Morgan fingerprint density at radius 1 is 1.22 bits per heavy atom. The average Bonchev–Trinajstić information content (AvgIpc) is 3.39. The van der Waals surface area contributed by atoms with Crippen LogP contribution in [0, 0.1) is 0 Å². The summed E-state index contributed by atoms with van der Waals surface area (Å²) in [6.45, 7) is 3.45. The molecular formula is C20H17BrN4O2. The molecule has 0 fully saturated rings. The van der Waals surface area contributed by atoms with Crippen LogP contribution in [0.4, 0.5) is 0 Å². The lowest BCUT2D eigenvalue weighted by molar-refractivity contribution is 0.0638. The second-order valence-corrected chi connectivity index (χ2v) is 7.64. The maximum atomic E-state index is 13.1. The van der Waals surface area contributed by atoms with E-state index in [1.165, 1.54) is 0 Å². The molecular weight excluding hydrogens is 408 g/mol. The molecule has 5 rings (SSSR count). The van der Waals surface area contributed by atoms with E-state index in [2.05, 4.69) is 44.7 Å². The van der Waals surface area contributed by atoms with E-state index in [9.17, 15) is 4.79 Å². The number of aromatic nitrogens is 3. The van der Waals surface area contributed by atoms with Gasteiger partial charge in [-0.3, -0.25) is 4.79 Å². The Morgan fingerprint density at radius 3 is 2.93 bits per heavy atom. The predicted octanol–water partition coefficient (Wildman–Crippen LogP) is 4.38. The van der Waals surface area contributed by atoms with Crippen molar-refractivity contribution in [2.75, 3.05) is 6.54 Å².